The Morgan fingerprint density at radius 3 is 1.57 bits per heavy atom. The SMILES string of the molecule is C=O.Cc1cc(C)cc(C(C)(C)C)c1. The summed E-state index contributed by atoms with van der Waals surface area (Å²) in [6.45, 7) is 13.1. The molecule has 1 nitrogen and oxygen atoms in total. The molecule has 0 amide bonds. The molecular formula is C13H20O. The molecule has 0 unspecified atom stereocenters. The molecule has 0 aromatic heterocycles. The van der Waals surface area contributed by atoms with Gasteiger partial charge in [-0.15, -0.1) is 0 Å². The van der Waals surface area contributed by atoms with Gasteiger partial charge in [0.1, 0.15) is 6.79 Å². The second-order valence-electron chi connectivity index (χ2n) is 4.63. The van der Waals surface area contributed by atoms with Crippen LogP contribution in [0.3, 0.4) is 0 Å². The Bertz CT molecular complexity index is 274. The third-order valence-corrected chi connectivity index (χ3v) is 2.09. The zero-order chi connectivity index (χ0) is 11.4. The highest BCUT2D eigenvalue weighted by Crippen LogP contribution is 2.23. The fourth-order valence-electron chi connectivity index (χ4n) is 1.41. The van der Waals surface area contributed by atoms with Crippen LogP contribution in [0.15, 0.2) is 18.2 Å². The summed E-state index contributed by atoms with van der Waals surface area (Å²) in [7, 11) is 0. The first-order valence-electron chi connectivity index (χ1n) is 4.77. The Morgan fingerprint density at radius 2 is 1.29 bits per heavy atom. The number of benzene rings is 1. The van der Waals surface area contributed by atoms with Crippen LogP contribution in [-0.4, -0.2) is 6.79 Å². The lowest BCUT2D eigenvalue weighted by atomic mass is 9.85. The van der Waals surface area contributed by atoms with Gasteiger partial charge in [-0.05, 0) is 24.8 Å². The van der Waals surface area contributed by atoms with Gasteiger partial charge in [0.2, 0.25) is 0 Å². The Hall–Kier alpha value is -1.11. The molecule has 0 atom stereocenters. The van der Waals surface area contributed by atoms with Crippen LogP contribution in [0.25, 0.3) is 0 Å². The van der Waals surface area contributed by atoms with E-state index in [0.717, 1.165) is 0 Å². The first kappa shape index (κ1) is 12.9. The molecule has 0 heterocycles. The maximum atomic E-state index is 8.00. The summed E-state index contributed by atoms with van der Waals surface area (Å²) in [5.41, 5.74) is 4.43. The van der Waals surface area contributed by atoms with E-state index in [1.54, 1.807) is 0 Å². The molecule has 0 fully saturated rings. The van der Waals surface area contributed by atoms with Crippen molar-refractivity contribution in [1.82, 2.24) is 0 Å². The predicted octanol–water partition coefficient (Wildman–Crippen LogP) is 3.42. The van der Waals surface area contributed by atoms with Gasteiger partial charge >= 0.3 is 0 Å². The summed E-state index contributed by atoms with van der Waals surface area (Å²) in [5, 5.41) is 0. The van der Waals surface area contributed by atoms with Crippen LogP contribution in [0, 0.1) is 13.8 Å². The Labute approximate surface area is 87.2 Å². The van der Waals surface area contributed by atoms with Crippen molar-refractivity contribution < 1.29 is 4.79 Å². The Kier molecular flexibility index (Phi) is 4.55. The van der Waals surface area contributed by atoms with E-state index in [1.165, 1.54) is 16.7 Å². The minimum absolute atomic E-state index is 0.275. The van der Waals surface area contributed by atoms with Crippen molar-refractivity contribution in [1.29, 1.82) is 0 Å². The fraction of sp³-hybridized carbons (Fsp3) is 0.462. The van der Waals surface area contributed by atoms with Gasteiger partial charge in [0.15, 0.2) is 0 Å². The van der Waals surface area contributed by atoms with Crippen molar-refractivity contribution in [2.24, 2.45) is 0 Å². The molecule has 1 aromatic carbocycles. The van der Waals surface area contributed by atoms with E-state index >= 15 is 0 Å². The molecule has 78 valence electrons. The number of rotatable bonds is 0. The largest absolute Gasteiger partial charge is 0.307 e. The van der Waals surface area contributed by atoms with Crippen LogP contribution < -0.4 is 0 Å². The van der Waals surface area contributed by atoms with E-state index < -0.39 is 0 Å². The van der Waals surface area contributed by atoms with E-state index in [0.29, 0.717) is 0 Å². The molecule has 1 aromatic rings. The number of carbonyl (C=O) groups is 1. The second kappa shape index (κ2) is 4.94. The molecule has 1 heteroatoms. The molecule has 14 heavy (non-hydrogen) atoms. The average Bonchev–Trinajstić information content (AvgIpc) is 2.04. The topological polar surface area (TPSA) is 17.1 Å². The summed E-state index contributed by atoms with van der Waals surface area (Å²) in [6, 6.07) is 6.76. The maximum Gasteiger partial charge on any atom is 0.106 e. The number of carbonyl (C=O) groups excluding carboxylic acids is 1. The lowest BCUT2D eigenvalue weighted by molar-refractivity contribution is -0.0979. The van der Waals surface area contributed by atoms with Crippen molar-refractivity contribution in [3.63, 3.8) is 0 Å². The molecule has 0 spiro atoms. The Balaban J connectivity index is 0.000000791. The van der Waals surface area contributed by atoms with E-state index in [2.05, 4.69) is 52.8 Å². The van der Waals surface area contributed by atoms with Crippen molar-refractivity contribution in [2.75, 3.05) is 0 Å². The standard InChI is InChI=1S/C12H18.CH2O/c1-9-6-10(2)8-11(7-9)12(3,4)5;1-2/h6-8H,1-5H3;1H2. The summed E-state index contributed by atoms with van der Waals surface area (Å²) < 4.78 is 0. The molecular weight excluding hydrogens is 172 g/mol. The number of hydrogen-bond acceptors (Lipinski definition) is 1. The smallest absolute Gasteiger partial charge is 0.106 e. The monoisotopic (exact) mass is 192 g/mol. The van der Waals surface area contributed by atoms with Gasteiger partial charge in [-0.2, -0.15) is 0 Å². The fourth-order valence-corrected chi connectivity index (χ4v) is 1.41. The summed E-state index contributed by atoms with van der Waals surface area (Å²) >= 11 is 0. The van der Waals surface area contributed by atoms with Crippen LogP contribution in [0.2, 0.25) is 0 Å². The highest BCUT2D eigenvalue weighted by atomic mass is 16.1. The number of aryl methyl sites for hydroxylation is 2. The normalized spacial score (nSPS) is 10.4. The first-order chi connectivity index (χ1) is 6.39. The van der Waals surface area contributed by atoms with Gasteiger partial charge in [-0.3, -0.25) is 0 Å². The third kappa shape index (κ3) is 3.73. The number of hydrogen-bond donors (Lipinski definition) is 0. The van der Waals surface area contributed by atoms with Gasteiger partial charge in [0.05, 0.1) is 0 Å². The van der Waals surface area contributed by atoms with Crippen LogP contribution in [0.5, 0.6) is 0 Å². The maximum absolute atomic E-state index is 8.00. The Morgan fingerprint density at radius 1 is 0.929 bits per heavy atom. The van der Waals surface area contributed by atoms with Crippen molar-refractivity contribution >= 4 is 6.79 Å². The van der Waals surface area contributed by atoms with Crippen LogP contribution >= 0.6 is 0 Å². The molecule has 0 aliphatic carbocycles. The second-order valence-corrected chi connectivity index (χ2v) is 4.63. The zero-order valence-corrected chi connectivity index (χ0v) is 9.85. The molecule has 1 rings (SSSR count). The molecule has 0 radical (unpaired) electrons. The van der Waals surface area contributed by atoms with E-state index in [1.807, 2.05) is 6.79 Å². The highest BCUT2D eigenvalue weighted by Gasteiger charge is 2.13. The van der Waals surface area contributed by atoms with Crippen LogP contribution in [-0.2, 0) is 10.2 Å². The molecule has 0 N–H and O–H groups in total. The van der Waals surface area contributed by atoms with Crippen LogP contribution in [0.1, 0.15) is 37.5 Å². The van der Waals surface area contributed by atoms with E-state index in [4.69, 9.17) is 4.79 Å². The molecule has 0 saturated heterocycles. The van der Waals surface area contributed by atoms with Gasteiger partial charge in [-0.1, -0.05) is 50.1 Å². The summed E-state index contributed by atoms with van der Waals surface area (Å²) in [5.74, 6) is 0. The molecule has 0 aliphatic rings. The van der Waals surface area contributed by atoms with E-state index in [9.17, 15) is 0 Å². The summed E-state index contributed by atoms with van der Waals surface area (Å²) in [4.78, 5) is 8.00. The van der Waals surface area contributed by atoms with Crippen molar-refractivity contribution in [3.05, 3.63) is 34.9 Å². The lowest BCUT2D eigenvalue weighted by Gasteiger charge is -2.20. The highest BCUT2D eigenvalue weighted by molar-refractivity contribution is 5.32. The van der Waals surface area contributed by atoms with Gasteiger partial charge in [0.25, 0.3) is 0 Å². The van der Waals surface area contributed by atoms with Gasteiger partial charge in [0, 0.05) is 0 Å². The average molecular weight is 192 g/mol. The van der Waals surface area contributed by atoms with Crippen LogP contribution in [0.4, 0.5) is 0 Å². The van der Waals surface area contributed by atoms with Gasteiger partial charge < -0.3 is 4.79 Å². The van der Waals surface area contributed by atoms with Crippen molar-refractivity contribution in [3.8, 4) is 0 Å². The predicted molar refractivity (Wildman–Crippen MR) is 61.7 cm³/mol. The zero-order valence-electron chi connectivity index (χ0n) is 9.85. The quantitative estimate of drug-likeness (QED) is 0.615. The minimum atomic E-state index is 0.275. The molecule has 0 bridgehead atoms. The van der Waals surface area contributed by atoms with E-state index in [-0.39, 0.29) is 5.41 Å². The lowest BCUT2D eigenvalue weighted by Crippen LogP contribution is -2.11. The minimum Gasteiger partial charge on any atom is -0.307 e. The van der Waals surface area contributed by atoms with Crippen molar-refractivity contribution in [2.45, 2.75) is 40.0 Å². The summed E-state index contributed by atoms with van der Waals surface area (Å²) in [6.07, 6.45) is 0. The van der Waals surface area contributed by atoms with Gasteiger partial charge in [-0.25, -0.2) is 0 Å². The first-order valence-corrected chi connectivity index (χ1v) is 4.77. The molecule has 0 aliphatic heterocycles. The molecule has 0 saturated carbocycles. The third-order valence-electron chi connectivity index (χ3n) is 2.09.